The molecule has 96 valence electrons. The Kier molecular flexibility index (Phi) is 4.10. The van der Waals surface area contributed by atoms with Crippen LogP contribution in [0.25, 0.3) is 0 Å². The molecule has 0 fully saturated rings. The highest BCUT2D eigenvalue weighted by atomic mass is 15.3. The summed E-state index contributed by atoms with van der Waals surface area (Å²) in [6.45, 7) is 4.32. The summed E-state index contributed by atoms with van der Waals surface area (Å²) in [6.07, 6.45) is 7.43. The van der Waals surface area contributed by atoms with Crippen molar-refractivity contribution in [2.45, 2.75) is 38.8 Å². The minimum atomic E-state index is -0.0426. The van der Waals surface area contributed by atoms with E-state index in [1.165, 1.54) is 0 Å². The van der Waals surface area contributed by atoms with E-state index in [0.29, 0.717) is 6.04 Å². The molecule has 0 radical (unpaired) electrons. The van der Waals surface area contributed by atoms with Gasteiger partial charge in [0.2, 0.25) is 0 Å². The molecule has 2 N–H and O–H groups in total. The molecule has 0 amide bonds. The Labute approximate surface area is 108 Å². The quantitative estimate of drug-likeness (QED) is 0.879. The van der Waals surface area contributed by atoms with Gasteiger partial charge >= 0.3 is 0 Å². The topological polar surface area (TPSA) is 56.7 Å². The first kappa shape index (κ1) is 12.8. The van der Waals surface area contributed by atoms with Gasteiger partial charge in [0.25, 0.3) is 0 Å². The molecule has 2 atom stereocenters. The summed E-state index contributed by atoms with van der Waals surface area (Å²) >= 11 is 0. The molecule has 2 unspecified atom stereocenters. The van der Waals surface area contributed by atoms with Crippen LogP contribution in [0.1, 0.15) is 43.6 Å². The van der Waals surface area contributed by atoms with Gasteiger partial charge in [-0.2, -0.15) is 5.10 Å². The van der Waals surface area contributed by atoms with Gasteiger partial charge in [0.1, 0.15) is 0 Å². The summed E-state index contributed by atoms with van der Waals surface area (Å²) in [7, 11) is 0. The molecule has 0 aliphatic heterocycles. The van der Waals surface area contributed by atoms with Crippen LogP contribution >= 0.6 is 0 Å². The Morgan fingerprint density at radius 1 is 1.39 bits per heavy atom. The zero-order valence-electron chi connectivity index (χ0n) is 11.0. The van der Waals surface area contributed by atoms with E-state index >= 15 is 0 Å². The number of hydrogen-bond donors (Lipinski definition) is 1. The molecule has 4 nitrogen and oxygen atoms in total. The average Bonchev–Trinajstić information content (AvgIpc) is 2.87. The van der Waals surface area contributed by atoms with Crippen LogP contribution < -0.4 is 5.73 Å². The highest BCUT2D eigenvalue weighted by Crippen LogP contribution is 2.15. The lowest BCUT2D eigenvalue weighted by molar-refractivity contribution is 0.472. The predicted molar refractivity (Wildman–Crippen MR) is 72.1 cm³/mol. The van der Waals surface area contributed by atoms with E-state index in [-0.39, 0.29) is 6.04 Å². The number of rotatable bonds is 5. The second kappa shape index (κ2) is 5.78. The summed E-state index contributed by atoms with van der Waals surface area (Å²) in [4.78, 5) is 4.09. The second-order valence-electron chi connectivity index (χ2n) is 4.64. The molecule has 4 heteroatoms. The first-order valence-corrected chi connectivity index (χ1v) is 6.40. The van der Waals surface area contributed by atoms with E-state index in [0.717, 1.165) is 24.1 Å². The SMILES string of the molecule is CCC(C)n1ccc(CC(N)c2cccnc2)n1. The Bertz CT molecular complexity index is 478. The Balaban J connectivity index is 2.03. The van der Waals surface area contributed by atoms with E-state index in [4.69, 9.17) is 5.73 Å². The molecule has 0 aromatic carbocycles. The van der Waals surface area contributed by atoms with Crippen molar-refractivity contribution < 1.29 is 0 Å². The maximum Gasteiger partial charge on any atom is 0.0643 e. The van der Waals surface area contributed by atoms with E-state index in [2.05, 4.69) is 23.9 Å². The van der Waals surface area contributed by atoms with Crippen molar-refractivity contribution in [3.63, 3.8) is 0 Å². The first-order chi connectivity index (χ1) is 8.70. The molecule has 2 aromatic rings. The van der Waals surface area contributed by atoms with Crippen molar-refractivity contribution in [3.8, 4) is 0 Å². The first-order valence-electron chi connectivity index (χ1n) is 6.40. The van der Waals surface area contributed by atoms with Gasteiger partial charge < -0.3 is 5.73 Å². The maximum atomic E-state index is 6.16. The van der Waals surface area contributed by atoms with Crippen molar-refractivity contribution in [2.24, 2.45) is 5.73 Å². The van der Waals surface area contributed by atoms with Gasteiger partial charge in [0.15, 0.2) is 0 Å². The summed E-state index contributed by atoms with van der Waals surface area (Å²) in [5.41, 5.74) is 8.24. The van der Waals surface area contributed by atoms with Gasteiger partial charge in [-0.25, -0.2) is 0 Å². The average molecular weight is 244 g/mol. The fourth-order valence-electron chi connectivity index (χ4n) is 1.86. The number of aromatic nitrogens is 3. The lowest BCUT2D eigenvalue weighted by atomic mass is 10.1. The molecule has 2 rings (SSSR count). The zero-order chi connectivity index (χ0) is 13.0. The van der Waals surface area contributed by atoms with Crippen LogP contribution in [-0.4, -0.2) is 14.8 Å². The third kappa shape index (κ3) is 2.96. The maximum absolute atomic E-state index is 6.16. The largest absolute Gasteiger partial charge is 0.324 e. The van der Waals surface area contributed by atoms with E-state index in [1.54, 1.807) is 6.20 Å². The fraction of sp³-hybridized carbons (Fsp3) is 0.429. The number of nitrogens with zero attached hydrogens (tertiary/aromatic N) is 3. The molecule has 0 bridgehead atoms. The fourth-order valence-corrected chi connectivity index (χ4v) is 1.86. The van der Waals surface area contributed by atoms with Crippen LogP contribution in [0.5, 0.6) is 0 Å². The standard InChI is InChI=1S/C14H20N4/c1-3-11(2)18-8-6-13(17-18)9-14(15)12-5-4-7-16-10-12/h4-8,10-11,14H,3,9,15H2,1-2H3. The Morgan fingerprint density at radius 3 is 2.89 bits per heavy atom. The van der Waals surface area contributed by atoms with Crippen molar-refractivity contribution in [3.05, 3.63) is 48.0 Å². The van der Waals surface area contributed by atoms with Crippen LogP contribution in [0.15, 0.2) is 36.8 Å². The van der Waals surface area contributed by atoms with E-state index in [9.17, 15) is 0 Å². The molecular formula is C14H20N4. The van der Waals surface area contributed by atoms with Gasteiger partial charge in [0, 0.05) is 37.1 Å². The molecule has 0 aliphatic rings. The van der Waals surface area contributed by atoms with Crippen molar-refractivity contribution in [1.29, 1.82) is 0 Å². The Morgan fingerprint density at radius 2 is 2.22 bits per heavy atom. The van der Waals surface area contributed by atoms with Crippen molar-refractivity contribution >= 4 is 0 Å². The monoisotopic (exact) mass is 244 g/mol. The van der Waals surface area contributed by atoms with Gasteiger partial charge in [-0.1, -0.05) is 13.0 Å². The predicted octanol–water partition coefficient (Wildman–Crippen LogP) is 2.49. The molecule has 2 aromatic heterocycles. The van der Waals surface area contributed by atoms with Crippen LogP contribution in [0, 0.1) is 0 Å². The lowest BCUT2D eigenvalue weighted by Crippen LogP contribution is -2.14. The summed E-state index contributed by atoms with van der Waals surface area (Å²) < 4.78 is 2.01. The van der Waals surface area contributed by atoms with Gasteiger partial charge in [-0.05, 0) is 31.0 Å². The highest BCUT2D eigenvalue weighted by Gasteiger charge is 2.10. The third-order valence-electron chi connectivity index (χ3n) is 3.25. The summed E-state index contributed by atoms with van der Waals surface area (Å²) in [6, 6.07) is 6.35. The number of pyridine rings is 1. The highest BCUT2D eigenvalue weighted by molar-refractivity contribution is 5.16. The molecule has 18 heavy (non-hydrogen) atoms. The normalized spacial score (nSPS) is 14.4. The minimum absolute atomic E-state index is 0.0426. The Hall–Kier alpha value is -1.68. The smallest absolute Gasteiger partial charge is 0.0643 e. The number of hydrogen-bond acceptors (Lipinski definition) is 3. The van der Waals surface area contributed by atoms with Crippen molar-refractivity contribution in [2.75, 3.05) is 0 Å². The zero-order valence-corrected chi connectivity index (χ0v) is 11.0. The van der Waals surface area contributed by atoms with Gasteiger partial charge in [0.05, 0.1) is 5.69 Å². The van der Waals surface area contributed by atoms with Gasteiger partial charge in [-0.3, -0.25) is 9.67 Å². The minimum Gasteiger partial charge on any atom is -0.324 e. The molecule has 2 heterocycles. The van der Waals surface area contributed by atoms with Crippen LogP contribution in [0.4, 0.5) is 0 Å². The molecule has 0 saturated carbocycles. The summed E-state index contributed by atoms with van der Waals surface area (Å²) in [5, 5.41) is 4.56. The molecule has 0 saturated heterocycles. The molecule has 0 spiro atoms. The third-order valence-corrected chi connectivity index (χ3v) is 3.25. The van der Waals surface area contributed by atoms with Crippen LogP contribution in [0.3, 0.4) is 0 Å². The lowest BCUT2D eigenvalue weighted by Gasteiger charge is -2.10. The molecular weight excluding hydrogens is 224 g/mol. The second-order valence-corrected chi connectivity index (χ2v) is 4.64. The van der Waals surface area contributed by atoms with Crippen LogP contribution in [-0.2, 0) is 6.42 Å². The van der Waals surface area contributed by atoms with E-state index in [1.807, 2.05) is 35.3 Å². The molecule has 0 aliphatic carbocycles. The van der Waals surface area contributed by atoms with Gasteiger partial charge in [-0.15, -0.1) is 0 Å². The van der Waals surface area contributed by atoms with Crippen LogP contribution in [0.2, 0.25) is 0 Å². The van der Waals surface area contributed by atoms with Crippen molar-refractivity contribution in [1.82, 2.24) is 14.8 Å². The number of nitrogens with two attached hydrogens (primary N) is 1. The summed E-state index contributed by atoms with van der Waals surface area (Å²) in [5.74, 6) is 0. The van der Waals surface area contributed by atoms with E-state index < -0.39 is 0 Å².